The van der Waals surface area contributed by atoms with Gasteiger partial charge in [0, 0.05) is 12.5 Å². The highest BCUT2D eigenvalue weighted by Crippen LogP contribution is 2.31. The summed E-state index contributed by atoms with van der Waals surface area (Å²) < 4.78 is 0. The van der Waals surface area contributed by atoms with Crippen molar-refractivity contribution in [1.29, 1.82) is 0 Å². The van der Waals surface area contributed by atoms with Gasteiger partial charge in [-0.25, -0.2) is 0 Å². The molecule has 1 fully saturated rings. The first-order chi connectivity index (χ1) is 5.27. The molecule has 0 aliphatic heterocycles. The Morgan fingerprint density at radius 3 is 2.64 bits per heavy atom. The van der Waals surface area contributed by atoms with Crippen LogP contribution in [-0.2, 0) is 0 Å². The van der Waals surface area contributed by atoms with E-state index in [0.29, 0.717) is 5.92 Å². The topological polar surface area (TPSA) is 40.5 Å². The van der Waals surface area contributed by atoms with Gasteiger partial charge in [0.25, 0.3) is 0 Å². The zero-order valence-electron chi connectivity index (χ0n) is 6.74. The molecule has 2 N–H and O–H groups in total. The van der Waals surface area contributed by atoms with Gasteiger partial charge in [-0.3, -0.25) is 0 Å². The molecular weight excluding hydrogens is 140 g/mol. The molecule has 0 bridgehead atoms. The van der Waals surface area contributed by atoms with E-state index in [2.05, 4.69) is 6.58 Å². The van der Waals surface area contributed by atoms with Crippen molar-refractivity contribution in [3.8, 4) is 0 Å². The number of aliphatic hydroxyl groups excluding tert-OH is 2. The van der Waals surface area contributed by atoms with Crippen LogP contribution in [0.5, 0.6) is 0 Å². The average molecular weight is 156 g/mol. The average Bonchev–Trinajstić information content (AvgIpc) is 2.39. The van der Waals surface area contributed by atoms with E-state index in [1.54, 1.807) is 6.08 Å². The first kappa shape index (κ1) is 8.75. The van der Waals surface area contributed by atoms with E-state index in [9.17, 15) is 5.11 Å². The fourth-order valence-corrected chi connectivity index (χ4v) is 1.80. The standard InChI is InChI=1S/C9H16O2/c1-2-7(6-10)8-3-4-9(11)5-8/h2,7-11H,1,3-6H2/t7?,8-,9?/m1/s1. The lowest BCUT2D eigenvalue weighted by Crippen LogP contribution is -2.14. The molecule has 0 aromatic heterocycles. The van der Waals surface area contributed by atoms with Gasteiger partial charge in [0.15, 0.2) is 0 Å². The van der Waals surface area contributed by atoms with Crippen LogP contribution < -0.4 is 0 Å². The zero-order valence-corrected chi connectivity index (χ0v) is 6.74. The van der Waals surface area contributed by atoms with Gasteiger partial charge < -0.3 is 10.2 Å². The third kappa shape index (κ3) is 2.04. The molecule has 2 unspecified atom stereocenters. The Morgan fingerprint density at radius 1 is 1.55 bits per heavy atom. The lowest BCUT2D eigenvalue weighted by atomic mass is 9.92. The zero-order chi connectivity index (χ0) is 8.27. The van der Waals surface area contributed by atoms with Crippen molar-refractivity contribution in [2.45, 2.75) is 25.4 Å². The van der Waals surface area contributed by atoms with Gasteiger partial charge in [-0.2, -0.15) is 0 Å². The summed E-state index contributed by atoms with van der Waals surface area (Å²) in [6.45, 7) is 3.83. The van der Waals surface area contributed by atoms with E-state index in [4.69, 9.17) is 5.11 Å². The summed E-state index contributed by atoms with van der Waals surface area (Å²) in [5.74, 6) is 0.639. The van der Waals surface area contributed by atoms with Gasteiger partial charge in [-0.1, -0.05) is 6.08 Å². The van der Waals surface area contributed by atoms with Crippen molar-refractivity contribution >= 4 is 0 Å². The van der Waals surface area contributed by atoms with Crippen molar-refractivity contribution in [3.05, 3.63) is 12.7 Å². The van der Waals surface area contributed by atoms with Crippen molar-refractivity contribution in [3.63, 3.8) is 0 Å². The van der Waals surface area contributed by atoms with Crippen molar-refractivity contribution in [2.24, 2.45) is 11.8 Å². The molecule has 0 heterocycles. The summed E-state index contributed by atoms with van der Waals surface area (Å²) in [7, 11) is 0. The number of hydrogen-bond acceptors (Lipinski definition) is 2. The number of hydrogen-bond donors (Lipinski definition) is 2. The maximum Gasteiger partial charge on any atom is 0.0543 e. The molecule has 0 saturated heterocycles. The number of aliphatic hydroxyl groups is 2. The summed E-state index contributed by atoms with van der Waals surface area (Å²) in [5.41, 5.74) is 0. The minimum Gasteiger partial charge on any atom is -0.396 e. The van der Waals surface area contributed by atoms with E-state index in [-0.39, 0.29) is 18.6 Å². The fourth-order valence-electron chi connectivity index (χ4n) is 1.80. The predicted octanol–water partition coefficient (Wildman–Crippen LogP) is 0.942. The molecule has 2 heteroatoms. The van der Waals surface area contributed by atoms with Crippen molar-refractivity contribution in [1.82, 2.24) is 0 Å². The lowest BCUT2D eigenvalue weighted by molar-refractivity contribution is 0.161. The molecular formula is C9H16O2. The van der Waals surface area contributed by atoms with Gasteiger partial charge in [-0.05, 0) is 25.2 Å². The summed E-state index contributed by atoms with van der Waals surface area (Å²) in [4.78, 5) is 0. The maximum absolute atomic E-state index is 9.22. The summed E-state index contributed by atoms with van der Waals surface area (Å²) in [5, 5.41) is 18.1. The normalized spacial score (nSPS) is 33.6. The third-order valence-corrected chi connectivity index (χ3v) is 2.56. The van der Waals surface area contributed by atoms with Gasteiger partial charge in [0.1, 0.15) is 0 Å². The smallest absolute Gasteiger partial charge is 0.0543 e. The summed E-state index contributed by atoms with van der Waals surface area (Å²) in [6, 6.07) is 0. The van der Waals surface area contributed by atoms with Crippen LogP contribution in [0.1, 0.15) is 19.3 Å². The highest BCUT2D eigenvalue weighted by atomic mass is 16.3. The Morgan fingerprint density at radius 2 is 2.27 bits per heavy atom. The Balaban J connectivity index is 2.40. The van der Waals surface area contributed by atoms with Crippen LogP contribution in [-0.4, -0.2) is 22.9 Å². The van der Waals surface area contributed by atoms with Gasteiger partial charge in [-0.15, -0.1) is 6.58 Å². The Labute approximate surface area is 67.6 Å². The molecule has 0 aromatic rings. The van der Waals surface area contributed by atoms with E-state index >= 15 is 0 Å². The highest BCUT2D eigenvalue weighted by Gasteiger charge is 2.27. The van der Waals surface area contributed by atoms with Crippen LogP contribution >= 0.6 is 0 Å². The molecule has 0 amide bonds. The molecule has 2 nitrogen and oxygen atoms in total. The highest BCUT2D eigenvalue weighted by molar-refractivity contribution is 4.88. The maximum atomic E-state index is 9.22. The van der Waals surface area contributed by atoms with Gasteiger partial charge >= 0.3 is 0 Å². The minimum atomic E-state index is -0.144. The molecule has 3 atom stereocenters. The second-order valence-electron chi connectivity index (χ2n) is 3.31. The fraction of sp³-hybridized carbons (Fsp3) is 0.778. The molecule has 0 aromatic carbocycles. The van der Waals surface area contributed by atoms with E-state index in [1.807, 2.05) is 0 Å². The van der Waals surface area contributed by atoms with Crippen LogP contribution in [0.2, 0.25) is 0 Å². The minimum absolute atomic E-state index is 0.144. The SMILES string of the molecule is C=CC(CO)[C@@H]1CCC(O)C1. The molecule has 1 saturated carbocycles. The molecule has 0 radical (unpaired) electrons. The van der Waals surface area contributed by atoms with Crippen LogP contribution in [0.4, 0.5) is 0 Å². The predicted molar refractivity (Wildman–Crippen MR) is 44.1 cm³/mol. The Bertz CT molecular complexity index is 134. The van der Waals surface area contributed by atoms with Crippen LogP contribution in [0.3, 0.4) is 0 Å². The third-order valence-electron chi connectivity index (χ3n) is 2.56. The van der Waals surface area contributed by atoms with E-state index < -0.39 is 0 Å². The second-order valence-corrected chi connectivity index (χ2v) is 3.31. The molecule has 11 heavy (non-hydrogen) atoms. The van der Waals surface area contributed by atoms with Crippen molar-refractivity contribution in [2.75, 3.05) is 6.61 Å². The van der Waals surface area contributed by atoms with E-state index in [1.165, 1.54) is 0 Å². The molecule has 0 spiro atoms. The molecule has 1 aliphatic rings. The lowest BCUT2D eigenvalue weighted by Gasteiger charge is -2.16. The van der Waals surface area contributed by atoms with Crippen molar-refractivity contribution < 1.29 is 10.2 Å². The van der Waals surface area contributed by atoms with E-state index in [0.717, 1.165) is 19.3 Å². The number of rotatable bonds is 3. The molecule has 1 rings (SSSR count). The summed E-state index contributed by atoms with van der Waals surface area (Å²) >= 11 is 0. The van der Waals surface area contributed by atoms with Gasteiger partial charge in [0.05, 0.1) is 6.10 Å². The monoisotopic (exact) mass is 156 g/mol. The molecule has 64 valence electrons. The van der Waals surface area contributed by atoms with Gasteiger partial charge in [0.2, 0.25) is 0 Å². The Kier molecular flexibility index (Phi) is 3.09. The first-order valence-electron chi connectivity index (χ1n) is 4.19. The first-order valence-corrected chi connectivity index (χ1v) is 4.19. The molecule has 1 aliphatic carbocycles. The quantitative estimate of drug-likeness (QED) is 0.597. The van der Waals surface area contributed by atoms with Crippen LogP contribution in [0.25, 0.3) is 0 Å². The van der Waals surface area contributed by atoms with Crippen LogP contribution in [0.15, 0.2) is 12.7 Å². The summed E-state index contributed by atoms with van der Waals surface area (Å²) in [6.07, 6.45) is 4.39. The largest absolute Gasteiger partial charge is 0.396 e. The second kappa shape index (κ2) is 3.88. The Hall–Kier alpha value is -0.340. The van der Waals surface area contributed by atoms with Crippen LogP contribution in [0, 0.1) is 11.8 Å².